The summed E-state index contributed by atoms with van der Waals surface area (Å²) in [5, 5.41) is 0. The predicted molar refractivity (Wildman–Crippen MR) is 57.2 cm³/mol. The van der Waals surface area contributed by atoms with Crippen LogP contribution in [-0.2, 0) is 0 Å². The SMILES string of the molecule is CC(COc1ccccc1)N=C(N)N. The van der Waals surface area contributed by atoms with E-state index in [0.29, 0.717) is 6.61 Å². The molecule has 4 heteroatoms. The average molecular weight is 193 g/mol. The molecule has 0 saturated heterocycles. The number of nitrogens with zero attached hydrogens (tertiary/aromatic N) is 1. The third-order valence-corrected chi connectivity index (χ3v) is 1.60. The highest BCUT2D eigenvalue weighted by Gasteiger charge is 2.00. The summed E-state index contributed by atoms with van der Waals surface area (Å²) in [7, 11) is 0. The predicted octanol–water partition coefficient (Wildman–Crippen LogP) is 0.727. The van der Waals surface area contributed by atoms with Crippen molar-refractivity contribution in [2.75, 3.05) is 6.61 Å². The number of benzene rings is 1. The highest BCUT2D eigenvalue weighted by Crippen LogP contribution is 2.08. The lowest BCUT2D eigenvalue weighted by Gasteiger charge is -2.09. The van der Waals surface area contributed by atoms with Crippen LogP contribution >= 0.6 is 0 Å². The number of nitrogens with two attached hydrogens (primary N) is 2. The number of guanidine groups is 1. The van der Waals surface area contributed by atoms with Gasteiger partial charge in [0.2, 0.25) is 0 Å². The van der Waals surface area contributed by atoms with Crippen LogP contribution in [0.25, 0.3) is 0 Å². The molecule has 1 atom stereocenters. The zero-order chi connectivity index (χ0) is 10.4. The van der Waals surface area contributed by atoms with E-state index in [0.717, 1.165) is 5.75 Å². The zero-order valence-electron chi connectivity index (χ0n) is 8.18. The van der Waals surface area contributed by atoms with Crippen LogP contribution in [0.3, 0.4) is 0 Å². The van der Waals surface area contributed by atoms with Gasteiger partial charge in [0.1, 0.15) is 12.4 Å². The molecular weight excluding hydrogens is 178 g/mol. The third-order valence-electron chi connectivity index (χ3n) is 1.60. The number of ether oxygens (including phenoxy) is 1. The van der Waals surface area contributed by atoms with Crippen LogP contribution in [0.5, 0.6) is 5.75 Å². The standard InChI is InChI=1S/C10H15N3O/c1-8(13-10(11)12)7-14-9-5-3-2-4-6-9/h2-6,8H,7H2,1H3,(H4,11,12,13). The molecule has 0 aliphatic rings. The van der Waals surface area contributed by atoms with Crippen molar-refractivity contribution in [1.82, 2.24) is 0 Å². The molecular formula is C10H15N3O. The Morgan fingerprint density at radius 2 is 2.00 bits per heavy atom. The second-order valence-corrected chi connectivity index (χ2v) is 3.03. The summed E-state index contributed by atoms with van der Waals surface area (Å²) in [6.45, 7) is 2.37. The van der Waals surface area contributed by atoms with Crippen molar-refractivity contribution in [2.45, 2.75) is 13.0 Å². The Labute approximate surface area is 83.6 Å². The Bertz CT molecular complexity index is 293. The molecule has 0 heterocycles. The van der Waals surface area contributed by atoms with E-state index in [9.17, 15) is 0 Å². The molecule has 0 aromatic heterocycles. The van der Waals surface area contributed by atoms with Crippen LogP contribution in [0.15, 0.2) is 35.3 Å². The van der Waals surface area contributed by atoms with Crippen LogP contribution in [0.1, 0.15) is 6.92 Å². The summed E-state index contributed by atoms with van der Waals surface area (Å²) >= 11 is 0. The topological polar surface area (TPSA) is 73.6 Å². The summed E-state index contributed by atoms with van der Waals surface area (Å²) in [5.74, 6) is 0.916. The molecule has 76 valence electrons. The Morgan fingerprint density at radius 1 is 1.36 bits per heavy atom. The zero-order valence-corrected chi connectivity index (χ0v) is 8.18. The van der Waals surface area contributed by atoms with Crippen molar-refractivity contribution in [3.8, 4) is 5.75 Å². The van der Waals surface area contributed by atoms with E-state index in [1.807, 2.05) is 37.3 Å². The van der Waals surface area contributed by atoms with Crippen LogP contribution in [0, 0.1) is 0 Å². The van der Waals surface area contributed by atoms with E-state index in [4.69, 9.17) is 16.2 Å². The molecule has 1 unspecified atom stereocenters. The van der Waals surface area contributed by atoms with Crippen LogP contribution in [0.2, 0.25) is 0 Å². The van der Waals surface area contributed by atoms with Gasteiger partial charge in [-0.1, -0.05) is 18.2 Å². The maximum atomic E-state index is 5.45. The van der Waals surface area contributed by atoms with Gasteiger partial charge in [0.15, 0.2) is 5.96 Å². The van der Waals surface area contributed by atoms with Gasteiger partial charge in [0, 0.05) is 0 Å². The lowest BCUT2D eigenvalue weighted by atomic mass is 10.3. The molecule has 14 heavy (non-hydrogen) atoms. The normalized spacial score (nSPS) is 11.8. The minimum absolute atomic E-state index is 0.0276. The van der Waals surface area contributed by atoms with Gasteiger partial charge < -0.3 is 16.2 Å². The number of hydrogen-bond acceptors (Lipinski definition) is 2. The summed E-state index contributed by atoms with van der Waals surface area (Å²) in [6.07, 6.45) is 0. The second-order valence-electron chi connectivity index (χ2n) is 3.03. The maximum absolute atomic E-state index is 5.45. The fourth-order valence-electron chi connectivity index (χ4n) is 1.03. The number of hydrogen-bond donors (Lipinski definition) is 2. The number of para-hydroxylation sites is 1. The number of rotatable bonds is 4. The van der Waals surface area contributed by atoms with Crippen LogP contribution in [0.4, 0.5) is 0 Å². The molecule has 0 aliphatic carbocycles. The Balaban J connectivity index is 2.38. The fourth-order valence-corrected chi connectivity index (χ4v) is 1.03. The molecule has 0 fully saturated rings. The molecule has 1 aromatic carbocycles. The van der Waals surface area contributed by atoms with Crippen molar-refractivity contribution in [2.24, 2.45) is 16.5 Å². The van der Waals surface area contributed by atoms with Crippen molar-refractivity contribution in [3.05, 3.63) is 30.3 Å². The van der Waals surface area contributed by atoms with Gasteiger partial charge >= 0.3 is 0 Å². The van der Waals surface area contributed by atoms with Crippen molar-refractivity contribution < 1.29 is 4.74 Å². The minimum atomic E-state index is -0.0276. The first kappa shape index (κ1) is 10.4. The molecule has 4 N–H and O–H groups in total. The monoisotopic (exact) mass is 193 g/mol. The van der Waals surface area contributed by atoms with Crippen molar-refractivity contribution in [3.63, 3.8) is 0 Å². The molecule has 1 rings (SSSR count). The summed E-state index contributed by atoms with van der Waals surface area (Å²) in [5.41, 5.74) is 10.5. The van der Waals surface area contributed by atoms with Gasteiger partial charge in [-0.05, 0) is 19.1 Å². The van der Waals surface area contributed by atoms with Crippen molar-refractivity contribution in [1.29, 1.82) is 0 Å². The van der Waals surface area contributed by atoms with E-state index in [1.54, 1.807) is 0 Å². The maximum Gasteiger partial charge on any atom is 0.186 e. The minimum Gasteiger partial charge on any atom is -0.491 e. The lowest BCUT2D eigenvalue weighted by molar-refractivity contribution is 0.297. The Kier molecular flexibility index (Phi) is 3.79. The average Bonchev–Trinajstić information content (AvgIpc) is 2.15. The largest absolute Gasteiger partial charge is 0.491 e. The number of aliphatic imine (C=N–C) groups is 1. The van der Waals surface area contributed by atoms with Crippen LogP contribution < -0.4 is 16.2 Å². The smallest absolute Gasteiger partial charge is 0.186 e. The van der Waals surface area contributed by atoms with Gasteiger partial charge in [-0.2, -0.15) is 0 Å². The summed E-state index contributed by atoms with van der Waals surface area (Å²) in [6, 6.07) is 9.53. The van der Waals surface area contributed by atoms with Gasteiger partial charge in [-0.3, -0.25) is 0 Å². The van der Waals surface area contributed by atoms with E-state index in [2.05, 4.69) is 4.99 Å². The Hall–Kier alpha value is -1.71. The third kappa shape index (κ3) is 3.80. The quantitative estimate of drug-likeness (QED) is 0.546. The first-order valence-electron chi connectivity index (χ1n) is 4.45. The lowest BCUT2D eigenvalue weighted by Crippen LogP contribution is -2.26. The molecule has 0 bridgehead atoms. The van der Waals surface area contributed by atoms with Gasteiger partial charge in [0.05, 0.1) is 6.04 Å². The van der Waals surface area contributed by atoms with E-state index >= 15 is 0 Å². The Morgan fingerprint density at radius 3 is 2.57 bits per heavy atom. The van der Waals surface area contributed by atoms with E-state index < -0.39 is 0 Å². The molecule has 4 nitrogen and oxygen atoms in total. The van der Waals surface area contributed by atoms with E-state index in [-0.39, 0.29) is 12.0 Å². The van der Waals surface area contributed by atoms with Gasteiger partial charge in [-0.15, -0.1) is 0 Å². The van der Waals surface area contributed by atoms with Gasteiger partial charge in [0.25, 0.3) is 0 Å². The molecule has 0 radical (unpaired) electrons. The second kappa shape index (κ2) is 5.11. The van der Waals surface area contributed by atoms with Crippen molar-refractivity contribution >= 4 is 5.96 Å². The van der Waals surface area contributed by atoms with E-state index in [1.165, 1.54) is 0 Å². The van der Waals surface area contributed by atoms with Gasteiger partial charge in [-0.25, -0.2) is 4.99 Å². The molecule has 0 amide bonds. The molecule has 0 saturated carbocycles. The van der Waals surface area contributed by atoms with Crippen LogP contribution in [-0.4, -0.2) is 18.6 Å². The highest BCUT2D eigenvalue weighted by molar-refractivity contribution is 5.75. The molecule has 0 spiro atoms. The molecule has 1 aromatic rings. The highest BCUT2D eigenvalue weighted by atomic mass is 16.5. The first-order chi connectivity index (χ1) is 6.68. The summed E-state index contributed by atoms with van der Waals surface area (Å²) < 4.78 is 5.45. The fraction of sp³-hybridized carbons (Fsp3) is 0.300. The summed E-state index contributed by atoms with van der Waals surface area (Å²) in [4.78, 5) is 3.94. The molecule has 0 aliphatic heterocycles. The first-order valence-corrected chi connectivity index (χ1v) is 4.45.